The van der Waals surface area contributed by atoms with Gasteiger partial charge in [-0.2, -0.15) is 5.10 Å². The number of carbonyl (C=O) groups is 1. The highest BCUT2D eigenvalue weighted by Gasteiger charge is 2.22. The molecule has 2 aromatic carbocycles. The SMILES string of the molecule is Cc1cccc(Cn2cc(Cl)c(NC(=O)c3noc(C)c3COc3cccc(C)c3)n2)c1. The minimum absolute atomic E-state index is 0.138. The van der Waals surface area contributed by atoms with Crippen molar-refractivity contribution in [1.82, 2.24) is 14.9 Å². The van der Waals surface area contributed by atoms with Crippen molar-refractivity contribution in [3.8, 4) is 5.75 Å². The van der Waals surface area contributed by atoms with Gasteiger partial charge in [0.25, 0.3) is 5.91 Å². The van der Waals surface area contributed by atoms with Crippen molar-refractivity contribution in [2.45, 2.75) is 33.9 Å². The standard InChI is InChI=1S/C24H23ClN4O3/c1-15-6-4-8-18(10-15)12-29-13-21(25)23(27-29)26-24(30)22-20(17(3)32-28-22)14-31-19-9-5-7-16(2)11-19/h4-11,13H,12,14H2,1-3H3,(H,26,27,30). The van der Waals surface area contributed by atoms with Crippen molar-refractivity contribution >= 4 is 23.3 Å². The number of hydrogen-bond acceptors (Lipinski definition) is 5. The van der Waals surface area contributed by atoms with E-state index in [1.54, 1.807) is 17.8 Å². The zero-order valence-corrected chi connectivity index (χ0v) is 18.8. The molecule has 0 radical (unpaired) electrons. The monoisotopic (exact) mass is 450 g/mol. The molecule has 1 N–H and O–H groups in total. The highest BCUT2D eigenvalue weighted by molar-refractivity contribution is 6.33. The van der Waals surface area contributed by atoms with Gasteiger partial charge in [0.15, 0.2) is 11.5 Å². The fourth-order valence-electron chi connectivity index (χ4n) is 3.33. The Morgan fingerprint density at radius 1 is 1.12 bits per heavy atom. The molecule has 0 aliphatic carbocycles. The number of aromatic nitrogens is 3. The number of nitrogens with zero attached hydrogens (tertiary/aromatic N) is 3. The largest absolute Gasteiger partial charge is 0.489 e. The summed E-state index contributed by atoms with van der Waals surface area (Å²) in [6.07, 6.45) is 1.68. The second kappa shape index (κ2) is 9.28. The van der Waals surface area contributed by atoms with E-state index in [-0.39, 0.29) is 18.1 Å². The minimum atomic E-state index is -0.465. The van der Waals surface area contributed by atoms with Gasteiger partial charge in [-0.25, -0.2) is 0 Å². The van der Waals surface area contributed by atoms with E-state index < -0.39 is 5.91 Å². The third kappa shape index (κ3) is 5.00. The van der Waals surface area contributed by atoms with E-state index >= 15 is 0 Å². The maximum atomic E-state index is 12.9. The first-order valence-electron chi connectivity index (χ1n) is 10.1. The Morgan fingerprint density at radius 2 is 1.88 bits per heavy atom. The summed E-state index contributed by atoms with van der Waals surface area (Å²) < 4.78 is 12.8. The summed E-state index contributed by atoms with van der Waals surface area (Å²) in [5, 5.41) is 11.4. The third-order valence-electron chi connectivity index (χ3n) is 4.95. The summed E-state index contributed by atoms with van der Waals surface area (Å²) in [6.45, 7) is 6.44. The number of anilines is 1. The Kier molecular flexibility index (Phi) is 6.28. The number of carbonyl (C=O) groups excluding carboxylic acids is 1. The van der Waals surface area contributed by atoms with Crippen LogP contribution in [-0.2, 0) is 13.2 Å². The van der Waals surface area contributed by atoms with E-state index in [1.165, 1.54) is 0 Å². The lowest BCUT2D eigenvalue weighted by Gasteiger charge is -2.07. The summed E-state index contributed by atoms with van der Waals surface area (Å²) >= 11 is 6.31. The van der Waals surface area contributed by atoms with E-state index in [2.05, 4.69) is 21.6 Å². The molecule has 0 aliphatic heterocycles. The first-order valence-corrected chi connectivity index (χ1v) is 10.5. The average molecular weight is 451 g/mol. The number of nitrogens with one attached hydrogen (secondary N) is 1. The molecular formula is C24H23ClN4O3. The third-order valence-corrected chi connectivity index (χ3v) is 5.23. The fraction of sp³-hybridized carbons (Fsp3) is 0.208. The van der Waals surface area contributed by atoms with Crippen LogP contribution in [0.3, 0.4) is 0 Å². The van der Waals surface area contributed by atoms with Gasteiger partial charge in [0, 0.05) is 6.20 Å². The van der Waals surface area contributed by atoms with E-state index in [9.17, 15) is 4.79 Å². The Morgan fingerprint density at radius 3 is 2.62 bits per heavy atom. The van der Waals surface area contributed by atoms with Crippen molar-refractivity contribution in [2.75, 3.05) is 5.32 Å². The first kappa shape index (κ1) is 21.6. The number of benzene rings is 2. The van der Waals surface area contributed by atoms with Crippen molar-refractivity contribution in [2.24, 2.45) is 0 Å². The summed E-state index contributed by atoms with van der Waals surface area (Å²) in [5.41, 5.74) is 4.04. The highest BCUT2D eigenvalue weighted by atomic mass is 35.5. The maximum Gasteiger partial charge on any atom is 0.279 e. The predicted octanol–water partition coefficient (Wildman–Crippen LogP) is 5.33. The van der Waals surface area contributed by atoms with Gasteiger partial charge in [-0.1, -0.05) is 58.7 Å². The molecule has 2 aromatic heterocycles. The maximum absolute atomic E-state index is 12.9. The molecule has 164 valence electrons. The fourth-order valence-corrected chi connectivity index (χ4v) is 3.52. The second-order valence-electron chi connectivity index (χ2n) is 7.64. The van der Waals surface area contributed by atoms with Gasteiger partial charge in [-0.3, -0.25) is 9.48 Å². The molecule has 0 aliphatic rings. The molecule has 1 amide bonds. The lowest BCUT2D eigenvalue weighted by molar-refractivity contribution is 0.101. The van der Waals surface area contributed by atoms with Crippen LogP contribution >= 0.6 is 11.6 Å². The molecular weight excluding hydrogens is 428 g/mol. The van der Waals surface area contributed by atoms with Gasteiger partial charge in [0.2, 0.25) is 0 Å². The smallest absolute Gasteiger partial charge is 0.279 e. The predicted molar refractivity (Wildman–Crippen MR) is 122 cm³/mol. The van der Waals surface area contributed by atoms with Crippen molar-refractivity contribution in [1.29, 1.82) is 0 Å². The number of aryl methyl sites for hydroxylation is 3. The summed E-state index contributed by atoms with van der Waals surface area (Å²) in [4.78, 5) is 12.9. The van der Waals surface area contributed by atoms with Crippen molar-refractivity contribution < 1.29 is 14.1 Å². The zero-order valence-electron chi connectivity index (χ0n) is 18.1. The van der Waals surface area contributed by atoms with Crippen LogP contribution in [0.25, 0.3) is 0 Å². The molecule has 0 bridgehead atoms. The number of hydrogen-bond donors (Lipinski definition) is 1. The van der Waals surface area contributed by atoms with Crippen LogP contribution in [-0.4, -0.2) is 20.8 Å². The zero-order chi connectivity index (χ0) is 22.7. The van der Waals surface area contributed by atoms with Crippen LogP contribution in [0.4, 0.5) is 5.82 Å². The molecule has 8 heteroatoms. The number of amides is 1. The quantitative estimate of drug-likeness (QED) is 0.411. The van der Waals surface area contributed by atoms with Crippen LogP contribution in [0.5, 0.6) is 5.75 Å². The molecule has 32 heavy (non-hydrogen) atoms. The molecule has 4 aromatic rings. The van der Waals surface area contributed by atoms with Crippen LogP contribution in [0.1, 0.15) is 38.5 Å². The molecule has 0 saturated heterocycles. The van der Waals surface area contributed by atoms with E-state index in [0.717, 1.165) is 16.7 Å². The average Bonchev–Trinajstić information content (AvgIpc) is 3.28. The number of rotatable bonds is 7. The van der Waals surface area contributed by atoms with E-state index in [1.807, 2.05) is 56.3 Å². The normalized spacial score (nSPS) is 10.9. The molecule has 0 saturated carbocycles. The summed E-state index contributed by atoms with van der Waals surface area (Å²) in [6, 6.07) is 15.8. The molecule has 0 atom stereocenters. The van der Waals surface area contributed by atoms with Gasteiger partial charge < -0.3 is 14.6 Å². The lowest BCUT2D eigenvalue weighted by Crippen LogP contribution is -2.16. The Balaban J connectivity index is 1.47. The molecule has 2 heterocycles. The first-order chi connectivity index (χ1) is 15.4. The van der Waals surface area contributed by atoms with E-state index in [4.69, 9.17) is 20.9 Å². The van der Waals surface area contributed by atoms with Crippen LogP contribution in [0.15, 0.2) is 59.3 Å². The van der Waals surface area contributed by atoms with Gasteiger partial charge >= 0.3 is 0 Å². The van der Waals surface area contributed by atoms with Crippen LogP contribution in [0.2, 0.25) is 5.02 Å². The Hall–Kier alpha value is -3.58. The molecule has 0 unspecified atom stereocenters. The topological polar surface area (TPSA) is 82.2 Å². The second-order valence-corrected chi connectivity index (χ2v) is 8.04. The minimum Gasteiger partial charge on any atom is -0.489 e. The van der Waals surface area contributed by atoms with Gasteiger partial charge in [-0.05, 0) is 44.0 Å². The highest BCUT2D eigenvalue weighted by Crippen LogP contribution is 2.23. The summed E-state index contributed by atoms with van der Waals surface area (Å²) in [5.74, 6) is 1.01. The van der Waals surface area contributed by atoms with Crippen LogP contribution in [0, 0.1) is 20.8 Å². The van der Waals surface area contributed by atoms with Gasteiger partial charge in [0.1, 0.15) is 23.1 Å². The molecule has 0 spiro atoms. The molecule has 7 nitrogen and oxygen atoms in total. The van der Waals surface area contributed by atoms with Crippen LogP contribution < -0.4 is 10.1 Å². The van der Waals surface area contributed by atoms with E-state index in [0.29, 0.717) is 28.6 Å². The van der Waals surface area contributed by atoms with Crippen molar-refractivity contribution in [3.63, 3.8) is 0 Å². The van der Waals surface area contributed by atoms with Gasteiger partial charge in [-0.15, -0.1) is 0 Å². The molecule has 0 fully saturated rings. The van der Waals surface area contributed by atoms with Crippen molar-refractivity contribution in [3.05, 3.63) is 93.5 Å². The summed E-state index contributed by atoms with van der Waals surface area (Å²) in [7, 11) is 0. The Bertz CT molecular complexity index is 1260. The lowest BCUT2D eigenvalue weighted by atomic mass is 10.1. The Labute approximate surface area is 190 Å². The van der Waals surface area contributed by atoms with Gasteiger partial charge in [0.05, 0.1) is 12.1 Å². The number of halogens is 1. The number of ether oxygens (including phenoxy) is 1. The molecule has 4 rings (SSSR count).